The molecule has 0 aromatic carbocycles. The maximum absolute atomic E-state index is 7.42. The van der Waals surface area contributed by atoms with E-state index in [-0.39, 0.29) is 0 Å². The van der Waals surface area contributed by atoms with Gasteiger partial charge in [0.15, 0.2) is 0 Å². The van der Waals surface area contributed by atoms with Gasteiger partial charge in [-0.15, -0.1) is 0 Å². The fourth-order valence-corrected chi connectivity index (χ4v) is 2.76. The van der Waals surface area contributed by atoms with Crippen molar-refractivity contribution in [2.75, 3.05) is 26.8 Å². The monoisotopic (exact) mass is 225 g/mol. The van der Waals surface area contributed by atoms with Crippen LogP contribution in [0.3, 0.4) is 0 Å². The lowest BCUT2D eigenvalue weighted by atomic mass is 9.99. The smallest absolute Gasteiger partial charge is 0.0911 e. The van der Waals surface area contributed by atoms with Gasteiger partial charge in [0, 0.05) is 32.2 Å². The van der Waals surface area contributed by atoms with Gasteiger partial charge in [-0.05, 0) is 38.1 Å². The lowest BCUT2D eigenvalue weighted by molar-refractivity contribution is 0.0370. The van der Waals surface area contributed by atoms with Crippen LogP contribution >= 0.6 is 0 Å². The minimum absolute atomic E-state index is 0.332. The second-order valence-corrected chi connectivity index (χ2v) is 5.46. The minimum Gasteiger partial charge on any atom is -0.388 e. The molecule has 4 nitrogen and oxygen atoms in total. The highest BCUT2D eigenvalue weighted by atomic mass is 16.5. The third-order valence-electron chi connectivity index (χ3n) is 3.92. The van der Waals surface area contributed by atoms with Crippen molar-refractivity contribution < 1.29 is 4.74 Å². The molecule has 2 fully saturated rings. The summed E-state index contributed by atoms with van der Waals surface area (Å²) in [6.45, 7) is 2.89. The number of amidine groups is 1. The topological polar surface area (TPSA) is 62.3 Å². The molecule has 0 aromatic rings. The molecule has 0 aromatic heterocycles. The second-order valence-electron chi connectivity index (χ2n) is 5.46. The molecule has 16 heavy (non-hydrogen) atoms. The fourth-order valence-electron chi connectivity index (χ4n) is 2.76. The molecule has 3 N–H and O–H groups in total. The number of rotatable bonds is 5. The first kappa shape index (κ1) is 11.9. The molecule has 0 unspecified atom stereocenters. The molecule has 0 radical (unpaired) electrons. The van der Waals surface area contributed by atoms with E-state index in [1.807, 2.05) is 0 Å². The van der Waals surface area contributed by atoms with Gasteiger partial charge in [0.05, 0.1) is 5.84 Å². The largest absolute Gasteiger partial charge is 0.388 e. The summed E-state index contributed by atoms with van der Waals surface area (Å²) in [5.41, 5.74) is 5.85. The number of ether oxygens (including phenoxy) is 1. The zero-order valence-corrected chi connectivity index (χ0v) is 10.2. The molecular formula is C12H23N3O. The number of nitrogens with one attached hydrogen (secondary N) is 1. The van der Waals surface area contributed by atoms with Crippen LogP contribution in [0.15, 0.2) is 0 Å². The van der Waals surface area contributed by atoms with Gasteiger partial charge in [0.25, 0.3) is 0 Å². The van der Waals surface area contributed by atoms with Crippen LogP contribution < -0.4 is 5.73 Å². The Labute approximate surface area is 97.6 Å². The Hall–Kier alpha value is -0.610. The normalized spacial score (nSPS) is 24.6. The highest BCUT2D eigenvalue weighted by Gasteiger charge is 2.44. The van der Waals surface area contributed by atoms with Crippen LogP contribution in [0, 0.1) is 10.8 Å². The van der Waals surface area contributed by atoms with Gasteiger partial charge in [-0.1, -0.05) is 0 Å². The summed E-state index contributed by atoms with van der Waals surface area (Å²) >= 11 is 0. The van der Waals surface area contributed by atoms with Crippen LogP contribution in [0.2, 0.25) is 0 Å². The summed E-state index contributed by atoms with van der Waals surface area (Å²) in [5, 5.41) is 7.42. The predicted molar refractivity (Wildman–Crippen MR) is 64.7 cm³/mol. The molecule has 1 aliphatic carbocycles. The Morgan fingerprint density at radius 2 is 2.06 bits per heavy atom. The molecule has 0 amide bonds. The van der Waals surface area contributed by atoms with E-state index >= 15 is 0 Å². The van der Waals surface area contributed by atoms with Gasteiger partial charge in [0.1, 0.15) is 0 Å². The van der Waals surface area contributed by atoms with E-state index in [0.717, 1.165) is 39.0 Å². The minimum atomic E-state index is 0.332. The van der Waals surface area contributed by atoms with Crippen LogP contribution in [0.1, 0.15) is 32.1 Å². The van der Waals surface area contributed by atoms with Gasteiger partial charge in [-0.2, -0.15) is 0 Å². The number of hydrogen-bond donors (Lipinski definition) is 2. The number of nitrogens with two attached hydrogens (primary N) is 1. The van der Waals surface area contributed by atoms with Crippen molar-refractivity contribution >= 4 is 5.84 Å². The molecule has 0 bridgehead atoms. The van der Waals surface area contributed by atoms with Crippen LogP contribution in [0.5, 0.6) is 0 Å². The van der Waals surface area contributed by atoms with Crippen LogP contribution in [0.4, 0.5) is 0 Å². The lowest BCUT2D eigenvalue weighted by Crippen LogP contribution is -2.40. The first-order valence-corrected chi connectivity index (χ1v) is 6.22. The number of nitrogens with zero attached hydrogens (tertiary/aromatic N) is 1. The summed E-state index contributed by atoms with van der Waals surface area (Å²) in [4.78, 5) is 2.46. The van der Waals surface area contributed by atoms with E-state index in [1.54, 1.807) is 0 Å². The highest BCUT2D eigenvalue weighted by Crippen LogP contribution is 2.49. The summed E-state index contributed by atoms with van der Waals surface area (Å²) in [5.74, 6) is 0.345. The average Bonchev–Trinajstić information content (AvgIpc) is 2.98. The molecular weight excluding hydrogens is 202 g/mol. The molecule has 1 heterocycles. The molecule has 4 heteroatoms. The Bertz CT molecular complexity index is 257. The van der Waals surface area contributed by atoms with Crippen LogP contribution in [-0.2, 0) is 4.74 Å². The maximum Gasteiger partial charge on any atom is 0.0911 e. The Morgan fingerprint density at radius 1 is 1.44 bits per heavy atom. The Morgan fingerprint density at radius 3 is 2.56 bits per heavy atom. The van der Waals surface area contributed by atoms with Crippen molar-refractivity contribution in [3.63, 3.8) is 0 Å². The van der Waals surface area contributed by atoms with Crippen molar-refractivity contribution in [3.05, 3.63) is 0 Å². The van der Waals surface area contributed by atoms with Crippen LogP contribution in [0.25, 0.3) is 0 Å². The van der Waals surface area contributed by atoms with Crippen LogP contribution in [-0.4, -0.2) is 43.6 Å². The molecule has 1 saturated carbocycles. The Balaban J connectivity index is 1.81. The van der Waals surface area contributed by atoms with E-state index in [1.165, 1.54) is 12.8 Å². The standard InChI is InChI=1S/C12H23N3O/c1-15(10-2-6-16-7-3-10)9-12(4-5-12)8-11(13)14/h10H,2-9H2,1H3,(H3,13,14). The molecule has 1 aliphatic heterocycles. The van der Waals surface area contributed by atoms with E-state index in [4.69, 9.17) is 15.9 Å². The van der Waals surface area contributed by atoms with E-state index in [0.29, 0.717) is 17.3 Å². The molecule has 0 spiro atoms. The fraction of sp³-hybridized carbons (Fsp3) is 0.917. The summed E-state index contributed by atoms with van der Waals surface area (Å²) in [6.07, 6.45) is 5.54. The molecule has 0 atom stereocenters. The van der Waals surface area contributed by atoms with Gasteiger partial charge in [-0.25, -0.2) is 0 Å². The van der Waals surface area contributed by atoms with Gasteiger partial charge < -0.3 is 15.4 Å². The zero-order chi connectivity index (χ0) is 11.6. The summed E-state index contributed by atoms with van der Waals surface area (Å²) in [7, 11) is 2.20. The van der Waals surface area contributed by atoms with E-state index in [2.05, 4.69) is 11.9 Å². The zero-order valence-electron chi connectivity index (χ0n) is 10.2. The third kappa shape index (κ3) is 2.95. The molecule has 1 saturated heterocycles. The molecule has 2 aliphatic rings. The first-order chi connectivity index (χ1) is 7.61. The SMILES string of the molecule is CN(CC1(CC(=N)N)CC1)C1CCOCC1. The Kier molecular flexibility index (Phi) is 3.50. The molecule has 2 rings (SSSR count). The second kappa shape index (κ2) is 4.72. The van der Waals surface area contributed by atoms with Crippen molar-refractivity contribution in [3.8, 4) is 0 Å². The maximum atomic E-state index is 7.42. The van der Waals surface area contributed by atoms with Gasteiger partial charge in [0.2, 0.25) is 0 Å². The van der Waals surface area contributed by atoms with Gasteiger partial charge >= 0.3 is 0 Å². The predicted octanol–water partition coefficient (Wildman–Crippen LogP) is 1.20. The quantitative estimate of drug-likeness (QED) is 0.546. The van der Waals surface area contributed by atoms with Crippen molar-refractivity contribution in [1.29, 1.82) is 5.41 Å². The average molecular weight is 225 g/mol. The molecule has 92 valence electrons. The van der Waals surface area contributed by atoms with Crippen molar-refractivity contribution in [2.24, 2.45) is 11.1 Å². The number of hydrogen-bond acceptors (Lipinski definition) is 3. The van der Waals surface area contributed by atoms with Crippen molar-refractivity contribution in [1.82, 2.24) is 4.90 Å². The van der Waals surface area contributed by atoms with E-state index < -0.39 is 0 Å². The van der Waals surface area contributed by atoms with Crippen molar-refractivity contribution in [2.45, 2.75) is 38.1 Å². The highest BCUT2D eigenvalue weighted by molar-refractivity contribution is 5.78. The third-order valence-corrected chi connectivity index (χ3v) is 3.92. The van der Waals surface area contributed by atoms with E-state index in [9.17, 15) is 0 Å². The summed E-state index contributed by atoms with van der Waals surface area (Å²) < 4.78 is 5.38. The van der Waals surface area contributed by atoms with Gasteiger partial charge in [-0.3, -0.25) is 5.41 Å². The first-order valence-electron chi connectivity index (χ1n) is 6.22. The summed E-state index contributed by atoms with van der Waals surface area (Å²) in [6, 6.07) is 0.665. The lowest BCUT2D eigenvalue weighted by Gasteiger charge is -2.33.